The van der Waals surface area contributed by atoms with E-state index in [-0.39, 0.29) is 0 Å². The minimum absolute atomic E-state index is 0.312. The number of alkyl halides is 1. The molecule has 2 aromatic carbocycles. The summed E-state index contributed by atoms with van der Waals surface area (Å²) in [5.74, 6) is 1.28. The molecule has 0 aliphatic carbocycles. The van der Waals surface area contributed by atoms with E-state index < -0.39 is 0 Å². The third kappa shape index (κ3) is 4.26. The zero-order valence-corrected chi connectivity index (χ0v) is 12.9. The molecule has 0 spiro atoms. The number of aromatic hydroxyl groups is 1. The Morgan fingerprint density at radius 2 is 1.84 bits per heavy atom. The molecule has 0 fully saturated rings. The molecular formula is C16H16BrClO. The van der Waals surface area contributed by atoms with Crippen LogP contribution < -0.4 is 0 Å². The normalized spacial score (nSPS) is 12.3. The molecule has 0 radical (unpaired) electrons. The third-order valence-corrected chi connectivity index (χ3v) is 4.33. The molecule has 0 saturated carbocycles. The Balaban J connectivity index is 2.07. The fourth-order valence-corrected chi connectivity index (χ4v) is 2.84. The first kappa shape index (κ1) is 14.4. The van der Waals surface area contributed by atoms with Crippen LogP contribution in [-0.2, 0) is 12.8 Å². The Labute approximate surface area is 127 Å². The highest BCUT2D eigenvalue weighted by molar-refractivity contribution is 9.10. The monoisotopic (exact) mass is 338 g/mol. The lowest BCUT2D eigenvalue weighted by Crippen LogP contribution is -2.10. The highest BCUT2D eigenvalue weighted by Crippen LogP contribution is 2.23. The quantitative estimate of drug-likeness (QED) is 0.776. The van der Waals surface area contributed by atoms with Crippen LogP contribution in [-0.4, -0.2) is 11.0 Å². The van der Waals surface area contributed by atoms with Crippen molar-refractivity contribution in [2.75, 3.05) is 5.88 Å². The average Bonchev–Trinajstić information content (AvgIpc) is 2.40. The molecule has 0 bridgehead atoms. The summed E-state index contributed by atoms with van der Waals surface area (Å²) in [6.07, 6.45) is 1.81. The van der Waals surface area contributed by atoms with Crippen LogP contribution >= 0.6 is 27.5 Å². The number of rotatable bonds is 5. The van der Waals surface area contributed by atoms with Gasteiger partial charge in [-0.1, -0.05) is 46.3 Å². The van der Waals surface area contributed by atoms with Crippen molar-refractivity contribution in [3.05, 3.63) is 64.1 Å². The first-order chi connectivity index (χ1) is 9.19. The fraction of sp³-hybridized carbons (Fsp3) is 0.250. The van der Waals surface area contributed by atoms with E-state index in [9.17, 15) is 5.11 Å². The van der Waals surface area contributed by atoms with Crippen molar-refractivity contribution in [2.45, 2.75) is 12.8 Å². The van der Waals surface area contributed by atoms with Gasteiger partial charge in [-0.15, -0.1) is 11.6 Å². The molecular weight excluding hydrogens is 324 g/mol. The summed E-state index contributed by atoms with van der Waals surface area (Å²) in [6, 6.07) is 15.6. The molecule has 0 aliphatic rings. The van der Waals surface area contributed by atoms with Gasteiger partial charge in [0.05, 0.1) is 0 Å². The third-order valence-electron chi connectivity index (χ3n) is 3.12. The lowest BCUT2D eigenvalue weighted by atomic mass is 9.94. The number of benzene rings is 2. The van der Waals surface area contributed by atoms with E-state index in [0.717, 1.165) is 22.9 Å². The molecule has 1 N–H and O–H groups in total. The smallest absolute Gasteiger partial charge is 0.115 e. The molecule has 0 aromatic heterocycles. The maximum atomic E-state index is 9.49. The van der Waals surface area contributed by atoms with Crippen molar-refractivity contribution in [1.82, 2.24) is 0 Å². The van der Waals surface area contributed by atoms with Gasteiger partial charge in [-0.3, -0.25) is 0 Å². The molecule has 2 aromatic rings. The van der Waals surface area contributed by atoms with Gasteiger partial charge in [0, 0.05) is 10.4 Å². The second-order valence-corrected chi connectivity index (χ2v) is 5.85. The Bertz CT molecular complexity index is 542. The predicted molar refractivity (Wildman–Crippen MR) is 83.9 cm³/mol. The molecule has 3 heteroatoms. The van der Waals surface area contributed by atoms with Crippen LogP contribution in [0.25, 0.3) is 0 Å². The lowest BCUT2D eigenvalue weighted by molar-refractivity contribution is 0.473. The van der Waals surface area contributed by atoms with Crippen LogP contribution in [0.1, 0.15) is 11.1 Å². The van der Waals surface area contributed by atoms with E-state index >= 15 is 0 Å². The van der Waals surface area contributed by atoms with Crippen LogP contribution in [0, 0.1) is 5.92 Å². The van der Waals surface area contributed by atoms with Gasteiger partial charge in [0.25, 0.3) is 0 Å². The van der Waals surface area contributed by atoms with Crippen molar-refractivity contribution in [3.63, 3.8) is 0 Å². The van der Waals surface area contributed by atoms with Gasteiger partial charge in [0.1, 0.15) is 5.75 Å². The number of phenolic OH excluding ortho intramolecular Hbond substituents is 1. The largest absolute Gasteiger partial charge is 0.508 e. The SMILES string of the molecule is Oc1cccc(CC(CCl)Cc2ccccc2Br)c1. The van der Waals surface area contributed by atoms with Crippen LogP contribution in [0.3, 0.4) is 0 Å². The van der Waals surface area contributed by atoms with Crippen molar-refractivity contribution in [2.24, 2.45) is 5.92 Å². The van der Waals surface area contributed by atoms with Gasteiger partial charge in [-0.25, -0.2) is 0 Å². The molecule has 0 aliphatic heterocycles. The molecule has 0 amide bonds. The predicted octanol–water partition coefficient (Wildman–Crippen LogP) is 4.79. The van der Waals surface area contributed by atoms with Gasteiger partial charge in [0.2, 0.25) is 0 Å². The summed E-state index contributed by atoms with van der Waals surface area (Å²) >= 11 is 9.65. The Morgan fingerprint density at radius 3 is 2.53 bits per heavy atom. The van der Waals surface area contributed by atoms with Gasteiger partial charge in [-0.2, -0.15) is 0 Å². The molecule has 0 saturated heterocycles. The van der Waals surface area contributed by atoms with Gasteiger partial charge >= 0.3 is 0 Å². The Morgan fingerprint density at radius 1 is 1.05 bits per heavy atom. The summed E-state index contributed by atoms with van der Waals surface area (Å²) in [4.78, 5) is 0. The topological polar surface area (TPSA) is 20.2 Å². The molecule has 1 atom stereocenters. The van der Waals surface area contributed by atoms with Gasteiger partial charge < -0.3 is 5.11 Å². The lowest BCUT2D eigenvalue weighted by Gasteiger charge is -2.15. The maximum absolute atomic E-state index is 9.49. The highest BCUT2D eigenvalue weighted by Gasteiger charge is 2.11. The molecule has 0 heterocycles. The zero-order valence-electron chi connectivity index (χ0n) is 10.5. The number of phenols is 1. The van der Waals surface area contributed by atoms with Crippen molar-refractivity contribution >= 4 is 27.5 Å². The number of hydrogen-bond acceptors (Lipinski definition) is 1. The summed E-state index contributed by atoms with van der Waals surface area (Å²) in [5.41, 5.74) is 2.39. The van der Waals surface area contributed by atoms with E-state index in [0.29, 0.717) is 17.5 Å². The molecule has 19 heavy (non-hydrogen) atoms. The zero-order chi connectivity index (χ0) is 13.7. The second-order valence-electron chi connectivity index (χ2n) is 4.69. The summed E-state index contributed by atoms with van der Waals surface area (Å²) in [7, 11) is 0. The van der Waals surface area contributed by atoms with Crippen LogP contribution in [0.4, 0.5) is 0 Å². The number of hydrogen-bond donors (Lipinski definition) is 1. The van der Waals surface area contributed by atoms with Gasteiger partial charge in [-0.05, 0) is 48.1 Å². The van der Waals surface area contributed by atoms with Crippen molar-refractivity contribution in [1.29, 1.82) is 0 Å². The molecule has 100 valence electrons. The van der Waals surface area contributed by atoms with E-state index in [4.69, 9.17) is 11.6 Å². The van der Waals surface area contributed by atoms with Crippen LogP contribution in [0.15, 0.2) is 53.0 Å². The average molecular weight is 340 g/mol. The Kier molecular flexibility index (Phi) is 5.29. The van der Waals surface area contributed by atoms with E-state index in [1.54, 1.807) is 12.1 Å². The highest BCUT2D eigenvalue weighted by atomic mass is 79.9. The summed E-state index contributed by atoms with van der Waals surface area (Å²) in [6.45, 7) is 0. The first-order valence-electron chi connectivity index (χ1n) is 6.26. The first-order valence-corrected chi connectivity index (χ1v) is 7.59. The van der Waals surface area contributed by atoms with E-state index in [1.807, 2.05) is 24.3 Å². The van der Waals surface area contributed by atoms with Crippen molar-refractivity contribution in [3.8, 4) is 5.75 Å². The van der Waals surface area contributed by atoms with Crippen molar-refractivity contribution < 1.29 is 5.11 Å². The second kappa shape index (κ2) is 6.97. The fourth-order valence-electron chi connectivity index (χ4n) is 2.17. The van der Waals surface area contributed by atoms with E-state index in [1.165, 1.54) is 5.56 Å². The van der Waals surface area contributed by atoms with Crippen LogP contribution in [0.2, 0.25) is 0 Å². The maximum Gasteiger partial charge on any atom is 0.115 e. The van der Waals surface area contributed by atoms with E-state index in [2.05, 4.69) is 28.1 Å². The molecule has 1 nitrogen and oxygen atoms in total. The van der Waals surface area contributed by atoms with Crippen LogP contribution in [0.5, 0.6) is 5.75 Å². The Hall–Kier alpha value is -0.990. The number of halogens is 2. The summed E-state index contributed by atoms with van der Waals surface area (Å²) < 4.78 is 1.13. The molecule has 1 unspecified atom stereocenters. The minimum Gasteiger partial charge on any atom is -0.508 e. The summed E-state index contributed by atoms with van der Waals surface area (Å²) in [5, 5.41) is 9.49. The molecule has 2 rings (SSSR count). The minimum atomic E-state index is 0.312. The standard InChI is InChI=1S/C16H16BrClO/c17-16-7-2-1-5-14(16)9-13(11-18)8-12-4-3-6-15(19)10-12/h1-7,10,13,19H,8-9,11H2. The van der Waals surface area contributed by atoms with Gasteiger partial charge in [0.15, 0.2) is 0 Å².